The SMILES string of the molecule is Cc1cc(C)nc(CNCCNC(=O)OC(C)(C)C)n1. The Balaban J connectivity index is 2.20. The Morgan fingerprint density at radius 2 is 1.80 bits per heavy atom. The van der Waals surface area contributed by atoms with Crippen LogP contribution in [0.5, 0.6) is 0 Å². The van der Waals surface area contributed by atoms with Crippen LogP contribution in [0, 0.1) is 13.8 Å². The van der Waals surface area contributed by atoms with Gasteiger partial charge in [0.05, 0.1) is 6.54 Å². The van der Waals surface area contributed by atoms with Crippen molar-refractivity contribution in [3.05, 3.63) is 23.3 Å². The molecule has 0 bridgehead atoms. The minimum absolute atomic E-state index is 0.401. The molecule has 0 saturated carbocycles. The fourth-order valence-electron chi connectivity index (χ4n) is 1.65. The maximum atomic E-state index is 11.4. The Morgan fingerprint density at radius 3 is 2.35 bits per heavy atom. The minimum Gasteiger partial charge on any atom is -0.444 e. The Bertz CT molecular complexity index is 435. The van der Waals surface area contributed by atoms with E-state index in [1.54, 1.807) is 0 Å². The number of aryl methyl sites for hydroxylation is 2. The highest BCUT2D eigenvalue weighted by Gasteiger charge is 2.15. The van der Waals surface area contributed by atoms with Gasteiger partial charge in [-0.2, -0.15) is 0 Å². The number of hydrogen-bond acceptors (Lipinski definition) is 5. The van der Waals surface area contributed by atoms with Crippen molar-refractivity contribution in [2.75, 3.05) is 13.1 Å². The smallest absolute Gasteiger partial charge is 0.407 e. The Labute approximate surface area is 120 Å². The maximum Gasteiger partial charge on any atom is 0.407 e. The van der Waals surface area contributed by atoms with E-state index < -0.39 is 11.7 Å². The molecule has 0 aromatic carbocycles. The number of carbonyl (C=O) groups is 1. The van der Waals surface area contributed by atoms with Crippen LogP contribution in [0.1, 0.15) is 38.0 Å². The summed E-state index contributed by atoms with van der Waals surface area (Å²) in [5.41, 5.74) is 1.45. The van der Waals surface area contributed by atoms with Crippen LogP contribution in [0.15, 0.2) is 6.07 Å². The quantitative estimate of drug-likeness (QED) is 0.803. The first kappa shape index (κ1) is 16.4. The van der Waals surface area contributed by atoms with Crippen molar-refractivity contribution < 1.29 is 9.53 Å². The molecule has 0 saturated heterocycles. The van der Waals surface area contributed by atoms with Gasteiger partial charge in [0.25, 0.3) is 0 Å². The molecular formula is C14H24N4O2. The molecule has 20 heavy (non-hydrogen) atoms. The van der Waals surface area contributed by atoms with Crippen molar-refractivity contribution in [2.45, 2.75) is 46.8 Å². The minimum atomic E-state index is -0.468. The monoisotopic (exact) mass is 280 g/mol. The van der Waals surface area contributed by atoms with Crippen LogP contribution in [0.3, 0.4) is 0 Å². The zero-order valence-corrected chi connectivity index (χ0v) is 12.9. The number of nitrogens with one attached hydrogen (secondary N) is 2. The molecule has 1 heterocycles. The van der Waals surface area contributed by atoms with Crippen LogP contribution in [0.2, 0.25) is 0 Å². The molecule has 1 aromatic rings. The fourth-order valence-corrected chi connectivity index (χ4v) is 1.65. The predicted octanol–water partition coefficient (Wildman–Crippen LogP) is 1.71. The van der Waals surface area contributed by atoms with E-state index in [4.69, 9.17) is 4.74 Å². The highest BCUT2D eigenvalue weighted by Crippen LogP contribution is 2.06. The molecular weight excluding hydrogens is 256 g/mol. The van der Waals surface area contributed by atoms with E-state index in [9.17, 15) is 4.79 Å². The third kappa shape index (κ3) is 7.04. The van der Waals surface area contributed by atoms with Gasteiger partial charge in [0.15, 0.2) is 0 Å². The van der Waals surface area contributed by atoms with E-state index in [0.29, 0.717) is 19.6 Å². The summed E-state index contributed by atoms with van der Waals surface area (Å²) in [6.45, 7) is 11.1. The van der Waals surface area contributed by atoms with E-state index in [1.165, 1.54) is 0 Å². The number of nitrogens with zero attached hydrogens (tertiary/aromatic N) is 2. The number of alkyl carbamates (subject to hydrolysis) is 1. The first-order chi connectivity index (χ1) is 9.26. The molecule has 0 unspecified atom stereocenters. The van der Waals surface area contributed by atoms with Gasteiger partial charge < -0.3 is 15.4 Å². The van der Waals surface area contributed by atoms with Crippen molar-refractivity contribution in [3.8, 4) is 0 Å². The van der Waals surface area contributed by atoms with Gasteiger partial charge in [0, 0.05) is 24.5 Å². The van der Waals surface area contributed by atoms with Crippen LogP contribution in [-0.2, 0) is 11.3 Å². The summed E-state index contributed by atoms with van der Waals surface area (Å²) in [4.78, 5) is 20.1. The highest BCUT2D eigenvalue weighted by atomic mass is 16.6. The summed E-state index contributed by atoms with van der Waals surface area (Å²) in [5, 5.41) is 5.86. The second kappa shape index (κ2) is 7.19. The second-order valence-electron chi connectivity index (χ2n) is 5.67. The van der Waals surface area contributed by atoms with E-state index in [1.807, 2.05) is 40.7 Å². The molecule has 6 heteroatoms. The summed E-state index contributed by atoms with van der Waals surface area (Å²) >= 11 is 0. The van der Waals surface area contributed by atoms with E-state index in [-0.39, 0.29) is 0 Å². The number of ether oxygens (including phenoxy) is 1. The lowest BCUT2D eigenvalue weighted by atomic mass is 10.2. The fraction of sp³-hybridized carbons (Fsp3) is 0.643. The van der Waals surface area contributed by atoms with Crippen LogP contribution in [0.25, 0.3) is 0 Å². The van der Waals surface area contributed by atoms with Gasteiger partial charge in [0.2, 0.25) is 0 Å². The van der Waals surface area contributed by atoms with E-state index in [2.05, 4.69) is 20.6 Å². The molecule has 1 amide bonds. The lowest BCUT2D eigenvalue weighted by Crippen LogP contribution is -2.36. The van der Waals surface area contributed by atoms with Gasteiger partial charge in [-0.15, -0.1) is 0 Å². The number of rotatable bonds is 5. The summed E-state index contributed by atoms with van der Waals surface area (Å²) in [6, 6.07) is 1.94. The summed E-state index contributed by atoms with van der Waals surface area (Å²) in [7, 11) is 0. The number of carbonyl (C=O) groups excluding carboxylic acids is 1. The van der Waals surface area contributed by atoms with E-state index in [0.717, 1.165) is 17.2 Å². The van der Waals surface area contributed by atoms with Gasteiger partial charge in [-0.25, -0.2) is 14.8 Å². The van der Waals surface area contributed by atoms with Crippen LogP contribution < -0.4 is 10.6 Å². The summed E-state index contributed by atoms with van der Waals surface area (Å²) < 4.78 is 5.13. The molecule has 0 spiro atoms. The zero-order valence-electron chi connectivity index (χ0n) is 12.9. The van der Waals surface area contributed by atoms with Crippen LogP contribution in [-0.4, -0.2) is 34.8 Å². The Hall–Kier alpha value is -1.69. The molecule has 1 aromatic heterocycles. The maximum absolute atomic E-state index is 11.4. The van der Waals surface area contributed by atoms with Crippen molar-refractivity contribution in [3.63, 3.8) is 0 Å². The summed E-state index contributed by atoms with van der Waals surface area (Å²) in [5.74, 6) is 0.764. The highest BCUT2D eigenvalue weighted by molar-refractivity contribution is 5.67. The normalized spacial score (nSPS) is 11.2. The third-order valence-electron chi connectivity index (χ3n) is 2.28. The molecule has 0 aliphatic rings. The average molecular weight is 280 g/mol. The van der Waals surface area contributed by atoms with Gasteiger partial charge in [-0.1, -0.05) is 0 Å². The average Bonchev–Trinajstić information content (AvgIpc) is 2.24. The molecule has 1 rings (SSSR count). The number of amides is 1. The second-order valence-corrected chi connectivity index (χ2v) is 5.67. The molecule has 0 radical (unpaired) electrons. The van der Waals surface area contributed by atoms with Crippen molar-refractivity contribution in [1.82, 2.24) is 20.6 Å². The van der Waals surface area contributed by atoms with Crippen molar-refractivity contribution >= 4 is 6.09 Å². The molecule has 0 aliphatic heterocycles. The molecule has 0 aliphatic carbocycles. The van der Waals surface area contributed by atoms with Crippen molar-refractivity contribution in [2.24, 2.45) is 0 Å². The van der Waals surface area contributed by atoms with Crippen LogP contribution >= 0.6 is 0 Å². The molecule has 0 atom stereocenters. The molecule has 2 N–H and O–H groups in total. The summed E-state index contributed by atoms with van der Waals surface area (Å²) in [6.07, 6.45) is -0.401. The van der Waals surface area contributed by atoms with Crippen molar-refractivity contribution in [1.29, 1.82) is 0 Å². The van der Waals surface area contributed by atoms with E-state index >= 15 is 0 Å². The van der Waals surface area contributed by atoms with Gasteiger partial charge in [-0.3, -0.25) is 0 Å². The number of hydrogen-bond donors (Lipinski definition) is 2. The predicted molar refractivity (Wildman–Crippen MR) is 77.4 cm³/mol. The first-order valence-corrected chi connectivity index (χ1v) is 6.75. The topological polar surface area (TPSA) is 76.1 Å². The molecule has 6 nitrogen and oxygen atoms in total. The Morgan fingerprint density at radius 1 is 1.20 bits per heavy atom. The number of aromatic nitrogens is 2. The standard InChI is InChI=1S/C14H24N4O2/c1-10-8-11(2)18-12(17-10)9-15-6-7-16-13(19)20-14(3,4)5/h8,15H,6-7,9H2,1-5H3,(H,16,19). The largest absolute Gasteiger partial charge is 0.444 e. The lowest BCUT2D eigenvalue weighted by molar-refractivity contribution is 0.0528. The lowest BCUT2D eigenvalue weighted by Gasteiger charge is -2.19. The van der Waals surface area contributed by atoms with Crippen LogP contribution in [0.4, 0.5) is 4.79 Å². The first-order valence-electron chi connectivity index (χ1n) is 6.75. The Kier molecular flexibility index (Phi) is 5.88. The van der Waals surface area contributed by atoms with Gasteiger partial charge in [-0.05, 0) is 40.7 Å². The van der Waals surface area contributed by atoms with Gasteiger partial charge >= 0.3 is 6.09 Å². The van der Waals surface area contributed by atoms with Gasteiger partial charge in [0.1, 0.15) is 11.4 Å². The third-order valence-corrected chi connectivity index (χ3v) is 2.28. The molecule has 0 fully saturated rings. The zero-order chi connectivity index (χ0) is 15.2. The molecule has 112 valence electrons.